The first-order valence-electron chi connectivity index (χ1n) is 13.1. The number of nitrogens with one attached hydrogen (secondary N) is 1. The molecule has 1 N–H and O–H groups in total. The molecule has 0 amide bonds. The van der Waals surface area contributed by atoms with Gasteiger partial charge in [-0.15, -0.1) is 0 Å². The van der Waals surface area contributed by atoms with Crippen molar-refractivity contribution in [3.05, 3.63) is 82.2 Å². The van der Waals surface area contributed by atoms with Crippen molar-refractivity contribution in [2.45, 2.75) is 53.1 Å². The van der Waals surface area contributed by atoms with Crippen molar-refractivity contribution in [3.8, 4) is 11.3 Å². The van der Waals surface area contributed by atoms with E-state index in [-0.39, 0.29) is 5.97 Å². The Kier molecular flexibility index (Phi) is 8.70. The van der Waals surface area contributed by atoms with Gasteiger partial charge >= 0.3 is 5.97 Å². The van der Waals surface area contributed by atoms with E-state index < -0.39 is 6.10 Å². The Hall–Kier alpha value is -3.12. The molecular formula is C31H35BrN2O3. The van der Waals surface area contributed by atoms with Crippen LogP contribution in [0, 0.1) is 5.41 Å². The summed E-state index contributed by atoms with van der Waals surface area (Å²) in [5.41, 5.74) is 6.36. The minimum Gasteiger partial charge on any atom is -0.456 e. The van der Waals surface area contributed by atoms with Gasteiger partial charge in [-0.1, -0.05) is 48.0 Å². The Labute approximate surface area is 227 Å². The van der Waals surface area contributed by atoms with Crippen molar-refractivity contribution in [2.75, 3.05) is 23.3 Å². The number of hydrogen-bond donors (Lipinski definition) is 1. The van der Waals surface area contributed by atoms with Crippen LogP contribution >= 0.6 is 15.9 Å². The lowest BCUT2D eigenvalue weighted by molar-refractivity contribution is 0.0295. The number of nitrogens with zero attached hydrogens (tertiary/aromatic N) is 1. The number of halogens is 1. The minimum atomic E-state index is -0.487. The predicted molar refractivity (Wildman–Crippen MR) is 154 cm³/mol. The summed E-state index contributed by atoms with van der Waals surface area (Å²) in [4.78, 5) is 15.5. The topological polar surface area (TPSA) is 66.5 Å². The Morgan fingerprint density at radius 3 is 2.32 bits per heavy atom. The van der Waals surface area contributed by atoms with Crippen molar-refractivity contribution in [1.29, 1.82) is 5.41 Å². The van der Waals surface area contributed by atoms with Gasteiger partial charge in [-0.3, -0.25) is 0 Å². The Morgan fingerprint density at radius 2 is 1.70 bits per heavy atom. The van der Waals surface area contributed by atoms with Gasteiger partial charge in [0.25, 0.3) is 0 Å². The first-order valence-corrected chi connectivity index (χ1v) is 14.3. The molecule has 1 atom stereocenters. The normalized spacial score (nSPS) is 12.1. The number of carbonyl (C=O) groups excluding carboxylic acids is 1. The van der Waals surface area contributed by atoms with Gasteiger partial charge in [0.2, 0.25) is 0 Å². The summed E-state index contributed by atoms with van der Waals surface area (Å²) < 4.78 is 12.7. The maximum absolute atomic E-state index is 13.2. The minimum absolute atomic E-state index is 0.348. The molecule has 4 rings (SSSR count). The Morgan fingerprint density at radius 1 is 1.00 bits per heavy atom. The van der Waals surface area contributed by atoms with Gasteiger partial charge in [0.05, 0.1) is 10.9 Å². The highest BCUT2D eigenvalue weighted by molar-refractivity contribution is 9.09. The molecule has 2 aromatic carbocycles. The van der Waals surface area contributed by atoms with Crippen LogP contribution < -0.4 is 10.3 Å². The molecular weight excluding hydrogens is 528 g/mol. The second-order valence-corrected chi connectivity index (χ2v) is 9.86. The van der Waals surface area contributed by atoms with E-state index in [2.05, 4.69) is 66.7 Å². The number of rotatable bonds is 10. The van der Waals surface area contributed by atoms with Crippen LogP contribution in [0.25, 0.3) is 22.3 Å². The van der Waals surface area contributed by atoms with Crippen molar-refractivity contribution >= 4 is 38.6 Å². The Balaban J connectivity index is 2.03. The van der Waals surface area contributed by atoms with E-state index in [9.17, 15) is 4.79 Å². The molecule has 0 saturated heterocycles. The number of ether oxygens (including phenoxy) is 1. The van der Waals surface area contributed by atoms with E-state index in [1.807, 2.05) is 24.3 Å². The molecule has 37 heavy (non-hydrogen) atoms. The molecule has 2 aliphatic rings. The SMILES string of the molecule is CCc1c2c(C(CCBr)OC(=O)c3ccccc3)c3ccc(N(CC)CC)cc3oc-2cc(=N)c1CC. The van der Waals surface area contributed by atoms with E-state index in [1.165, 1.54) is 0 Å². The van der Waals surface area contributed by atoms with Gasteiger partial charge < -0.3 is 19.5 Å². The third kappa shape index (κ3) is 5.30. The molecule has 194 valence electrons. The van der Waals surface area contributed by atoms with Crippen LogP contribution in [0.15, 0.2) is 59.0 Å². The fraction of sp³-hybridized carbons (Fsp3) is 0.355. The average molecular weight is 564 g/mol. The number of benzene rings is 3. The van der Waals surface area contributed by atoms with Crippen LogP contribution in [0.3, 0.4) is 0 Å². The highest BCUT2D eigenvalue weighted by Gasteiger charge is 2.29. The van der Waals surface area contributed by atoms with Crippen molar-refractivity contribution in [3.63, 3.8) is 0 Å². The van der Waals surface area contributed by atoms with E-state index in [0.29, 0.717) is 28.4 Å². The zero-order chi connectivity index (χ0) is 26.5. The number of alkyl halides is 1. The summed E-state index contributed by atoms with van der Waals surface area (Å²) in [7, 11) is 0. The predicted octanol–water partition coefficient (Wildman–Crippen LogP) is 7.67. The molecule has 0 fully saturated rings. The lowest BCUT2D eigenvalue weighted by Gasteiger charge is -2.27. The van der Waals surface area contributed by atoms with Gasteiger partial charge in [-0.2, -0.15) is 0 Å². The molecule has 6 heteroatoms. The molecule has 0 radical (unpaired) electrons. The molecule has 0 spiro atoms. The van der Waals surface area contributed by atoms with Crippen LogP contribution in [0.1, 0.15) is 67.3 Å². The van der Waals surface area contributed by atoms with Gasteiger partial charge in [0.15, 0.2) is 0 Å². The van der Waals surface area contributed by atoms with Gasteiger partial charge in [-0.25, -0.2) is 4.79 Å². The third-order valence-electron chi connectivity index (χ3n) is 7.05. The van der Waals surface area contributed by atoms with Crippen molar-refractivity contribution in [2.24, 2.45) is 0 Å². The molecule has 1 aliphatic carbocycles. The van der Waals surface area contributed by atoms with Gasteiger partial charge in [-0.05, 0) is 68.5 Å². The molecule has 5 nitrogen and oxygen atoms in total. The zero-order valence-corrected chi connectivity index (χ0v) is 23.7. The average Bonchev–Trinajstić information content (AvgIpc) is 2.91. The Bertz CT molecular complexity index is 1410. The largest absolute Gasteiger partial charge is 0.456 e. The fourth-order valence-corrected chi connectivity index (χ4v) is 5.66. The highest BCUT2D eigenvalue weighted by atomic mass is 79.9. The van der Waals surface area contributed by atoms with Crippen molar-refractivity contribution in [1.82, 2.24) is 0 Å². The first-order chi connectivity index (χ1) is 18.0. The van der Waals surface area contributed by atoms with E-state index in [1.54, 1.807) is 12.1 Å². The quantitative estimate of drug-likeness (QED) is 0.122. The smallest absolute Gasteiger partial charge is 0.338 e. The monoisotopic (exact) mass is 562 g/mol. The summed E-state index contributed by atoms with van der Waals surface area (Å²) in [6.45, 7) is 10.2. The lowest BCUT2D eigenvalue weighted by atomic mass is 9.86. The molecule has 0 bridgehead atoms. The number of esters is 1. The van der Waals surface area contributed by atoms with Crippen LogP contribution in [-0.2, 0) is 17.6 Å². The summed E-state index contributed by atoms with van der Waals surface area (Å²) in [5.74, 6) is 0.313. The fourth-order valence-electron chi connectivity index (χ4n) is 5.25. The van der Waals surface area contributed by atoms with Gasteiger partial charge in [0.1, 0.15) is 17.4 Å². The van der Waals surface area contributed by atoms with Crippen LogP contribution in [0.4, 0.5) is 5.69 Å². The maximum atomic E-state index is 13.2. The lowest BCUT2D eigenvalue weighted by Crippen LogP contribution is -2.21. The second-order valence-electron chi connectivity index (χ2n) is 9.07. The first kappa shape index (κ1) is 26.9. The molecule has 2 aromatic rings. The molecule has 0 aromatic heterocycles. The van der Waals surface area contributed by atoms with Crippen LogP contribution in [0.5, 0.6) is 0 Å². The van der Waals surface area contributed by atoms with Gasteiger partial charge in [0, 0.05) is 52.8 Å². The number of carbonyl (C=O) groups is 1. The third-order valence-corrected chi connectivity index (χ3v) is 7.50. The second kappa shape index (κ2) is 12.0. The molecule has 1 unspecified atom stereocenters. The van der Waals surface area contributed by atoms with Crippen LogP contribution in [0.2, 0.25) is 0 Å². The zero-order valence-electron chi connectivity index (χ0n) is 22.1. The van der Waals surface area contributed by atoms with E-state index in [0.717, 1.165) is 64.8 Å². The summed E-state index contributed by atoms with van der Waals surface area (Å²) in [6.07, 6.45) is 1.63. The highest BCUT2D eigenvalue weighted by Crippen LogP contribution is 2.43. The van der Waals surface area contributed by atoms with Crippen molar-refractivity contribution < 1.29 is 13.9 Å². The maximum Gasteiger partial charge on any atom is 0.338 e. The number of hydrogen-bond acceptors (Lipinski definition) is 5. The summed E-state index contributed by atoms with van der Waals surface area (Å²) in [5, 5.41) is 10.8. The molecule has 1 aliphatic heterocycles. The van der Waals surface area contributed by atoms with E-state index >= 15 is 0 Å². The van der Waals surface area contributed by atoms with Crippen LogP contribution in [-0.4, -0.2) is 24.4 Å². The molecule has 0 saturated carbocycles. The standard InChI is InChI=1S/C31H35BrN2O3/c1-5-22-23(6-2)29-28(19-25(22)33)36-27-18-21(34(7-3)8-4)14-15-24(27)30(29)26(16-17-32)37-31(35)20-12-10-9-11-13-20/h9-15,18-19,26,33H,5-8,16-17H2,1-4H3. The molecule has 1 heterocycles. The summed E-state index contributed by atoms with van der Waals surface area (Å²) >= 11 is 3.59. The summed E-state index contributed by atoms with van der Waals surface area (Å²) in [6, 6.07) is 17.2. The number of anilines is 1. The van der Waals surface area contributed by atoms with E-state index in [4.69, 9.17) is 14.6 Å². The number of fused-ring (bicyclic) bond motifs is 2.